The van der Waals surface area contributed by atoms with Crippen LogP contribution in [0.4, 0.5) is 4.39 Å². The Hall–Kier alpha value is -1.44. The van der Waals surface area contributed by atoms with Crippen molar-refractivity contribution in [2.24, 2.45) is 0 Å². The summed E-state index contributed by atoms with van der Waals surface area (Å²) in [7, 11) is 0. The molecule has 1 aromatic carbocycles. The van der Waals surface area contributed by atoms with Crippen LogP contribution in [-0.4, -0.2) is 28.7 Å². The van der Waals surface area contributed by atoms with Crippen molar-refractivity contribution in [1.82, 2.24) is 4.90 Å². The van der Waals surface area contributed by atoms with Crippen LogP contribution in [0.2, 0.25) is 0 Å². The quantitative estimate of drug-likeness (QED) is 0.871. The lowest BCUT2D eigenvalue weighted by atomic mass is 9.93. The van der Waals surface area contributed by atoms with Crippen LogP contribution in [0.1, 0.15) is 30.9 Å². The zero-order valence-electron chi connectivity index (χ0n) is 10.5. The van der Waals surface area contributed by atoms with Gasteiger partial charge in [-0.1, -0.05) is 6.07 Å². The van der Waals surface area contributed by atoms with Gasteiger partial charge in [-0.25, -0.2) is 4.39 Å². The Bertz CT molecular complexity index is 469. The molecular formula is C14H17FN2O. The van der Waals surface area contributed by atoms with Crippen LogP contribution in [0.5, 0.6) is 0 Å². The van der Waals surface area contributed by atoms with Gasteiger partial charge in [0, 0.05) is 19.6 Å². The second-order valence-electron chi connectivity index (χ2n) is 5.19. The van der Waals surface area contributed by atoms with Crippen molar-refractivity contribution in [2.75, 3.05) is 13.1 Å². The van der Waals surface area contributed by atoms with Gasteiger partial charge in [-0.3, -0.25) is 4.90 Å². The van der Waals surface area contributed by atoms with Crippen molar-refractivity contribution >= 4 is 0 Å². The fourth-order valence-corrected chi connectivity index (χ4v) is 2.22. The largest absolute Gasteiger partial charge is 0.390 e. The molecule has 4 heteroatoms. The molecule has 1 fully saturated rings. The first-order valence-electron chi connectivity index (χ1n) is 6.13. The molecule has 0 unspecified atom stereocenters. The summed E-state index contributed by atoms with van der Waals surface area (Å²) >= 11 is 0. The highest BCUT2D eigenvalue weighted by Gasteiger charge is 2.27. The first-order chi connectivity index (χ1) is 8.50. The van der Waals surface area contributed by atoms with Crippen molar-refractivity contribution in [3.63, 3.8) is 0 Å². The maximum atomic E-state index is 13.0. The third-order valence-corrected chi connectivity index (χ3v) is 3.52. The fraction of sp³-hybridized carbons (Fsp3) is 0.500. The van der Waals surface area contributed by atoms with Crippen molar-refractivity contribution in [1.29, 1.82) is 5.26 Å². The third-order valence-electron chi connectivity index (χ3n) is 3.52. The lowest BCUT2D eigenvalue weighted by Crippen LogP contribution is -2.42. The number of halogens is 1. The number of hydrogen-bond acceptors (Lipinski definition) is 3. The predicted molar refractivity (Wildman–Crippen MR) is 66.2 cm³/mol. The van der Waals surface area contributed by atoms with Gasteiger partial charge < -0.3 is 5.11 Å². The molecule has 1 aromatic rings. The van der Waals surface area contributed by atoms with Crippen LogP contribution >= 0.6 is 0 Å². The molecule has 0 saturated carbocycles. The summed E-state index contributed by atoms with van der Waals surface area (Å²) in [5.74, 6) is -0.378. The molecule has 0 bridgehead atoms. The van der Waals surface area contributed by atoms with E-state index in [4.69, 9.17) is 5.26 Å². The Labute approximate surface area is 106 Å². The zero-order valence-corrected chi connectivity index (χ0v) is 10.5. The number of hydrogen-bond donors (Lipinski definition) is 1. The summed E-state index contributed by atoms with van der Waals surface area (Å²) in [6.45, 7) is 4.09. The number of benzene rings is 1. The van der Waals surface area contributed by atoms with E-state index < -0.39 is 5.60 Å². The molecule has 1 heterocycles. The molecule has 1 saturated heterocycles. The highest BCUT2D eigenvalue weighted by atomic mass is 19.1. The molecule has 96 valence electrons. The monoisotopic (exact) mass is 248 g/mol. The number of likely N-dealkylation sites (tertiary alicyclic amines) is 1. The van der Waals surface area contributed by atoms with Gasteiger partial charge in [0.1, 0.15) is 5.82 Å². The van der Waals surface area contributed by atoms with E-state index in [9.17, 15) is 9.50 Å². The van der Waals surface area contributed by atoms with Crippen molar-refractivity contribution in [3.8, 4) is 6.07 Å². The molecular weight excluding hydrogens is 231 g/mol. The summed E-state index contributed by atoms with van der Waals surface area (Å²) < 4.78 is 13.0. The average molecular weight is 248 g/mol. The Kier molecular flexibility index (Phi) is 3.65. The first kappa shape index (κ1) is 13.0. The zero-order chi connectivity index (χ0) is 13.2. The van der Waals surface area contributed by atoms with E-state index in [-0.39, 0.29) is 5.82 Å². The summed E-state index contributed by atoms with van der Waals surface area (Å²) in [5.41, 5.74) is 0.671. The van der Waals surface area contributed by atoms with Gasteiger partial charge >= 0.3 is 0 Å². The molecule has 0 spiro atoms. The summed E-state index contributed by atoms with van der Waals surface area (Å²) in [6.07, 6.45) is 1.46. The molecule has 1 aliphatic rings. The molecule has 2 rings (SSSR count). The van der Waals surface area contributed by atoms with Gasteiger partial charge in [0.2, 0.25) is 0 Å². The van der Waals surface area contributed by atoms with Gasteiger partial charge in [0.15, 0.2) is 0 Å². The van der Waals surface area contributed by atoms with E-state index >= 15 is 0 Å². The summed E-state index contributed by atoms with van der Waals surface area (Å²) in [6, 6.07) is 6.35. The molecule has 18 heavy (non-hydrogen) atoms. The molecule has 3 nitrogen and oxygen atoms in total. The first-order valence-corrected chi connectivity index (χ1v) is 6.13. The van der Waals surface area contributed by atoms with Crippen molar-refractivity contribution < 1.29 is 9.50 Å². The van der Waals surface area contributed by atoms with E-state index in [1.54, 1.807) is 6.07 Å². The fourth-order valence-electron chi connectivity index (χ4n) is 2.22. The summed E-state index contributed by atoms with van der Waals surface area (Å²) in [5, 5.41) is 18.8. The van der Waals surface area contributed by atoms with Gasteiger partial charge in [-0.05, 0) is 37.5 Å². The number of piperidine rings is 1. The molecule has 0 amide bonds. The minimum atomic E-state index is -0.572. The van der Waals surface area contributed by atoms with Gasteiger partial charge in [0.05, 0.1) is 17.2 Å². The van der Waals surface area contributed by atoms with Gasteiger partial charge in [-0.2, -0.15) is 5.26 Å². The Balaban J connectivity index is 2.05. The van der Waals surface area contributed by atoms with Crippen LogP contribution in [0, 0.1) is 17.1 Å². The highest BCUT2D eigenvalue weighted by Crippen LogP contribution is 2.23. The second-order valence-corrected chi connectivity index (χ2v) is 5.19. The summed E-state index contributed by atoms with van der Waals surface area (Å²) in [4.78, 5) is 2.19. The van der Waals surface area contributed by atoms with Crippen LogP contribution in [0.15, 0.2) is 18.2 Å². The molecule has 0 radical (unpaired) electrons. The standard InChI is InChI=1S/C14H17FN2O/c1-14(18)4-6-17(7-5-14)10-11-2-3-13(15)8-12(11)9-16/h2-3,8,18H,4-7,10H2,1H3. The van der Waals surface area contributed by atoms with Crippen LogP contribution in [0.25, 0.3) is 0 Å². The van der Waals surface area contributed by atoms with Crippen LogP contribution in [0.3, 0.4) is 0 Å². The molecule has 0 aliphatic carbocycles. The topological polar surface area (TPSA) is 47.3 Å². The number of nitriles is 1. The van der Waals surface area contributed by atoms with Crippen molar-refractivity contribution in [2.45, 2.75) is 31.9 Å². The van der Waals surface area contributed by atoms with E-state index in [0.717, 1.165) is 31.5 Å². The normalized spacial score (nSPS) is 19.4. The van der Waals surface area contributed by atoms with Crippen LogP contribution in [-0.2, 0) is 6.54 Å². The smallest absolute Gasteiger partial charge is 0.124 e. The SMILES string of the molecule is CC1(O)CCN(Cc2ccc(F)cc2C#N)CC1. The highest BCUT2D eigenvalue weighted by molar-refractivity contribution is 5.37. The Morgan fingerprint density at radius 3 is 2.72 bits per heavy atom. The second kappa shape index (κ2) is 5.05. The van der Waals surface area contributed by atoms with Gasteiger partial charge in [0.25, 0.3) is 0 Å². The van der Waals surface area contributed by atoms with Gasteiger partial charge in [-0.15, -0.1) is 0 Å². The predicted octanol–water partition coefficient (Wildman–Crippen LogP) is 2.04. The molecule has 0 aromatic heterocycles. The lowest BCUT2D eigenvalue weighted by Gasteiger charge is -2.35. The van der Waals surface area contributed by atoms with E-state index in [1.165, 1.54) is 12.1 Å². The number of nitrogens with zero attached hydrogens (tertiary/aromatic N) is 2. The maximum absolute atomic E-state index is 13.0. The lowest BCUT2D eigenvalue weighted by molar-refractivity contribution is -0.00731. The Morgan fingerprint density at radius 1 is 1.44 bits per heavy atom. The number of rotatable bonds is 2. The minimum Gasteiger partial charge on any atom is -0.390 e. The number of aliphatic hydroxyl groups is 1. The third kappa shape index (κ3) is 3.06. The van der Waals surface area contributed by atoms with E-state index in [0.29, 0.717) is 12.1 Å². The molecule has 1 aliphatic heterocycles. The van der Waals surface area contributed by atoms with E-state index in [1.807, 2.05) is 13.0 Å². The molecule has 1 N–H and O–H groups in total. The average Bonchev–Trinajstić information content (AvgIpc) is 2.34. The Morgan fingerprint density at radius 2 is 2.11 bits per heavy atom. The minimum absolute atomic E-state index is 0.378. The van der Waals surface area contributed by atoms with Crippen molar-refractivity contribution in [3.05, 3.63) is 35.1 Å². The van der Waals surface area contributed by atoms with E-state index in [2.05, 4.69) is 4.90 Å². The maximum Gasteiger partial charge on any atom is 0.124 e. The molecule has 0 atom stereocenters. The van der Waals surface area contributed by atoms with Crippen LogP contribution < -0.4 is 0 Å².